The van der Waals surface area contributed by atoms with Gasteiger partial charge in [-0.05, 0) is 6.42 Å². The summed E-state index contributed by atoms with van der Waals surface area (Å²) < 4.78 is 0. The van der Waals surface area contributed by atoms with Crippen molar-refractivity contribution in [1.29, 1.82) is 0 Å². The molecular formula is C8H13NO. The minimum Gasteiger partial charge on any atom is -0.356 e. The van der Waals surface area contributed by atoms with Crippen LogP contribution in [0.15, 0.2) is 25.3 Å². The van der Waals surface area contributed by atoms with E-state index in [1.807, 2.05) is 0 Å². The molecule has 2 nitrogen and oxygen atoms in total. The van der Waals surface area contributed by atoms with Gasteiger partial charge in [-0.15, -0.1) is 13.2 Å². The molecule has 56 valence electrons. The van der Waals surface area contributed by atoms with Gasteiger partial charge in [-0.25, -0.2) is 0 Å². The van der Waals surface area contributed by atoms with Gasteiger partial charge in [-0.3, -0.25) is 4.79 Å². The van der Waals surface area contributed by atoms with E-state index in [-0.39, 0.29) is 5.91 Å². The minimum absolute atomic E-state index is 0.0249. The van der Waals surface area contributed by atoms with E-state index in [1.165, 1.54) is 0 Å². The molecule has 0 saturated carbocycles. The predicted octanol–water partition coefficient (Wildman–Crippen LogP) is 1.25. The van der Waals surface area contributed by atoms with Crippen LogP contribution in [-0.2, 0) is 4.79 Å². The van der Waals surface area contributed by atoms with Crippen LogP contribution in [0.4, 0.5) is 0 Å². The molecule has 0 aliphatic rings. The van der Waals surface area contributed by atoms with Crippen LogP contribution < -0.4 is 5.32 Å². The second-order valence-electron chi connectivity index (χ2n) is 1.92. The highest BCUT2D eigenvalue weighted by molar-refractivity contribution is 5.77. The zero-order valence-electron chi connectivity index (χ0n) is 6.10. The Morgan fingerprint density at radius 2 is 2.10 bits per heavy atom. The van der Waals surface area contributed by atoms with Crippen LogP contribution in [-0.4, -0.2) is 12.5 Å². The molecule has 0 rings (SSSR count). The van der Waals surface area contributed by atoms with Crippen LogP contribution in [0.2, 0.25) is 0 Å². The largest absolute Gasteiger partial charge is 0.356 e. The van der Waals surface area contributed by atoms with Crippen LogP contribution >= 0.6 is 0 Å². The van der Waals surface area contributed by atoms with Crippen LogP contribution in [0.25, 0.3) is 0 Å². The van der Waals surface area contributed by atoms with Gasteiger partial charge in [0, 0.05) is 13.0 Å². The van der Waals surface area contributed by atoms with Crippen molar-refractivity contribution in [2.75, 3.05) is 6.54 Å². The van der Waals surface area contributed by atoms with Crippen molar-refractivity contribution < 1.29 is 4.79 Å². The summed E-state index contributed by atoms with van der Waals surface area (Å²) in [6, 6.07) is 0. The van der Waals surface area contributed by atoms with Crippen molar-refractivity contribution in [3.8, 4) is 0 Å². The number of carbonyl (C=O) groups excluding carboxylic acids is 1. The lowest BCUT2D eigenvalue weighted by atomic mass is 10.3. The highest BCUT2D eigenvalue weighted by Gasteiger charge is 1.92. The van der Waals surface area contributed by atoms with Gasteiger partial charge in [0.2, 0.25) is 5.91 Å². The Labute approximate surface area is 61.6 Å². The highest BCUT2D eigenvalue weighted by atomic mass is 16.1. The van der Waals surface area contributed by atoms with Crippen molar-refractivity contribution in [3.63, 3.8) is 0 Å². The lowest BCUT2D eigenvalue weighted by Gasteiger charge is -1.98. The summed E-state index contributed by atoms with van der Waals surface area (Å²) in [5.41, 5.74) is 0. The van der Waals surface area contributed by atoms with E-state index >= 15 is 0 Å². The van der Waals surface area contributed by atoms with E-state index in [0.29, 0.717) is 13.0 Å². The van der Waals surface area contributed by atoms with E-state index in [2.05, 4.69) is 18.5 Å². The maximum absolute atomic E-state index is 10.7. The highest BCUT2D eigenvalue weighted by Crippen LogP contribution is 1.80. The number of hydrogen-bond acceptors (Lipinski definition) is 1. The Bertz CT molecular complexity index is 129. The van der Waals surface area contributed by atoms with Crippen LogP contribution in [0.3, 0.4) is 0 Å². The van der Waals surface area contributed by atoms with Gasteiger partial charge in [-0.1, -0.05) is 12.2 Å². The molecule has 10 heavy (non-hydrogen) atoms. The van der Waals surface area contributed by atoms with Crippen molar-refractivity contribution in [2.24, 2.45) is 0 Å². The first-order valence-corrected chi connectivity index (χ1v) is 3.29. The number of carbonyl (C=O) groups is 1. The van der Waals surface area contributed by atoms with Gasteiger partial charge in [0.25, 0.3) is 0 Å². The zero-order chi connectivity index (χ0) is 7.82. The second-order valence-corrected chi connectivity index (χ2v) is 1.92. The molecule has 0 aromatic carbocycles. The summed E-state index contributed by atoms with van der Waals surface area (Å²) in [5.74, 6) is 0.0249. The lowest BCUT2D eigenvalue weighted by molar-refractivity contribution is -0.120. The smallest absolute Gasteiger partial charge is 0.223 e. The molecule has 0 unspecified atom stereocenters. The average Bonchev–Trinajstić information content (AvgIpc) is 1.89. The Kier molecular flexibility index (Phi) is 5.44. The average molecular weight is 139 g/mol. The van der Waals surface area contributed by atoms with Crippen molar-refractivity contribution >= 4 is 5.91 Å². The molecule has 1 amide bonds. The fraction of sp³-hybridized carbons (Fsp3) is 0.375. The molecule has 0 atom stereocenters. The Hall–Kier alpha value is -1.05. The molecule has 0 aromatic heterocycles. The number of hydrogen-bond donors (Lipinski definition) is 1. The quantitative estimate of drug-likeness (QED) is 0.451. The number of nitrogens with one attached hydrogen (secondary N) is 1. The van der Waals surface area contributed by atoms with Gasteiger partial charge in [0.15, 0.2) is 0 Å². The molecule has 0 spiro atoms. The first-order chi connectivity index (χ1) is 4.81. The van der Waals surface area contributed by atoms with Crippen molar-refractivity contribution in [2.45, 2.75) is 12.8 Å². The standard InChI is InChI=1S/C8H13NO/c1-3-5-7-9-8(10)6-4-2/h3-4H,1-2,5-7H2,(H,9,10). The third kappa shape index (κ3) is 5.09. The molecule has 0 radical (unpaired) electrons. The zero-order valence-corrected chi connectivity index (χ0v) is 6.10. The summed E-state index contributed by atoms with van der Waals surface area (Å²) in [6.07, 6.45) is 4.58. The Morgan fingerprint density at radius 3 is 2.60 bits per heavy atom. The maximum Gasteiger partial charge on any atom is 0.223 e. The molecular weight excluding hydrogens is 126 g/mol. The molecule has 2 heteroatoms. The summed E-state index contributed by atoms with van der Waals surface area (Å²) in [5, 5.41) is 2.70. The minimum atomic E-state index is 0.0249. The molecule has 0 bridgehead atoms. The Morgan fingerprint density at radius 1 is 1.40 bits per heavy atom. The Balaban J connectivity index is 3.20. The van der Waals surface area contributed by atoms with Crippen LogP contribution in [0.5, 0.6) is 0 Å². The predicted molar refractivity (Wildman–Crippen MR) is 42.6 cm³/mol. The van der Waals surface area contributed by atoms with E-state index in [1.54, 1.807) is 12.2 Å². The van der Waals surface area contributed by atoms with Crippen molar-refractivity contribution in [1.82, 2.24) is 5.32 Å². The first kappa shape index (κ1) is 8.95. The van der Waals surface area contributed by atoms with E-state index < -0.39 is 0 Å². The van der Waals surface area contributed by atoms with Gasteiger partial charge in [-0.2, -0.15) is 0 Å². The van der Waals surface area contributed by atoms with Gasteiger partial charge in [0.1, 0.15) is 0 Å². The fourth-order valence-corrected chi connectivity index (χ4v) is 0.517. The second kappa shape index (κ2) is 6.08. The molecule has 0 aromatic rings. The summed E-state index contributed by atoms with van der Waals surface area (Å²) >= 11 is 0. The normalized spacial score (nSPS) is 8.40. The van der Waals surface area contributed by atoms with E-state index in [0.717, 1.165) is 6.42 Å². The molecule has 0 heterocycles. The summed E-state index contributed by atoms with van der Waals surface area (Å²) in [4.78, 5) is 10.7. The van der Waals surface area contributed by atoms with Gasteiger partial charge < -0.3 is 5.32 Å². The topological polar surface area (TPSA) is 29.1 Å². The number of amides is 1. The van der Waals surface area contributed by atoms with E-state index in [9.17, 15) is 4.79 Å². The van der Waals surface area contributed by atoms with Crippen molar-refractivity contribution in [3.05, 3.63) is 25.3 Å². The molecule has 0 saturated heterocycles. The van der Waals surface area contributed by atoms with Crippen LogP contribution in [0.1, 0.15) is 12.8 Å². The van der Waals surface area contributed by atoms with Gasteiger partial charge >= 0.3 is 0 Å². The monoisotopic (exact) mass is 139 g/mol. The third-order valence-corrected chi connectivity index (χ3v) is 1.00. The fourth-order valence-electron chi connectivity index (χ4n) is 0.517. The first-order valence-electron chi connectivity index (χ1n) is 3.29. The summed E-state index contributed by atoms with van der Waals surface area (Å²) in [6.45, 7) is 7.66. The molecule has 0 fully saturated rings. The van der Waals surface area contributed by atoms with Crippen LogP contribution in [0, 0.1) is 0 Å². The molecule has 0 aliphatic heterocycles. The number of rotatable bonds is 5. The van der Waals surface area contributed by atoms with Gasteiger partial charge in [0.05, 0.1) is 0 Å². The molecule has 1 N–H and O–H groups in total. The summed E-state index contributed by atoms with van der Waals surface area (Å²) in [7, 11) is 0. The molecule has 0 aliphatic carbocycles. The lowest BCUT2D eigenvalue weighted by Crippen LogP contribution is -2.22. The third-order valence-electron chi connectivity index (χ3n) is 1.00. The van der Waals surface area contributed by atoms with E-state index in [4.69, 9.17) is 0 Å². The SMILES string of the molecule is C=CCCNC(=O)CC=C. The maximum atomic E-state index is 10.7.